The number of amides is 2. The summed E-state index contributed by atoms with van der Waals surface area (Å²) < 4.78 is 10.1. The number of benzene rings is 1. The molecule has 1 unspecified atom stereocenters. The fourth-order valence-corrected chi connectivity index (χ4v) is 5.31. The van der Waals surface area contributed by atoms with Crippen LogP contribution in [0.15, 0.2) is 29.6 Å². The van der Waals surface area contributed by atoms with Gasteiger partial charge in [0.2, 0.25) is 12.3 Å². The average molecular weight is 435 g/mol. The van der Waals surface area contributed by atoms with E-state index in [0.29, 0.717) is 34.0 Å². The van der Waals surface area contributed by atoms with E-state index in [0.717, 1.165) is 5.56 Å². The number of hydrogen-bond acceptors (Lipinski definition) is 7. The third kappa shape index (κ3) is 4.11. The van der Waals surface area contributed by atoms with Gasteiger partial charge in [0.15, 0.2) is 0 Å². The predicted octanol–water partition coefficient (Wildman–Crippen LogP) is 3.46. The molecule has 1 atom stereocenters. The van der Waals surface area contributed by atoms with E-state index >= 15 is 0 Å². The van der Waals surface area contributed by atoms with Crippen LogP contribution in [0.4, 0.5) is 5.00 Å². The molecular weight excluding hydrogens is 412 g/mol. The van der Waals surface area contributed by atoms with Gasteiger partial charge in [-0.25, -0.2) is 4.79 Å². The Morgan fingerprint density at radius 3 is 2.52 bits per heavy atom. The summed E-state index contributed by atoms with van der Waals surface area (Å²) in [5.74, 6) is 0.318. The van der Waals surface area contributed by atoms with E-state index in [-0.39, 0.29) is 5.91 Å². The molecule has 9 heteroatoms. The van der Waals surface area contributed by atoms with Crippen LogP contribution in [-0.2, 0) is 14.3 Å². The van der Waals surface area contributed by atoms with Gasteiger partial charge in [0.25, 0.3) is 0 Å². The molecule has 1 aromatic carbocycles. The normalized spacial score (nSPS) is 17.7. The first-order valence-corrected chi connectivity index (χ1v) is 10.7. The van der Waals surface area contributed by atoms with Crippen molar-refractivity contribution in [1.82, 2.24) is 4.90 Å². The highest BCUT2D eigenvalue weighted by atomic mass is 32.2. The van der Waals surface area contributed by atoms with Crippen LogP contribution in [0, 0.1) is 0 Å². The van der Waals surface area contributed by atoms with Crippen molar-refractivity contribution in [2.24, 2.45) is 0 Å². The lowest BCUT2D eigenvalue weighted by atomic mass is 10.0. The molecule has 0 spiro atoms. The number of esters is 1. The van der Waals surface area contributed by atoms with Gasteiger partial charge in [0.05, 0.1) is 19.1 Å². The highest BCUT2D eigenvalue weighted by Crippen LogP contribution is 2.40. The van der Waals surface area contributed by atoms with Gasteiger partial charge in [-0.05, 0) is 31.5 Å². The molecule has 7 nitrogen and oxygen atoms in total. The van der Waals surface area contributed by atoms with Crippen LogP contribution in [0.2, 0.25) is 0 Å². The van der Waals surface area contributed by atoms with Crippen molar-refractivity contribution in [3.63, 3.8) is 0 Å². The van der Waals surface area contributed by atoms with E-state index in [1.54, 1.807) is 24.6 Å². The Kier molecular flexibility index (Phi) is 6.18. The second-order valence-corrected chi connectivity index (χ2v) is 9.35. The van der Waals surface area contributed by atoms with Crippen molar-refractivity contribution < 1.29 is 23.9 Å². The van der Waals surface area contributed by atoms with E-state index < -0.39 is 16.9 Å². The zero-order valence-corrected chi connectivity index (χ0v) is 18.2. The molecule has 1 aliphatic rings. The fourth-order valence-electron chi connectivity index (χ4n) is 3.15. The summed E-state index contributed by atoms with van der Waals surface area (Å²) >= 11 is 2.78. The smallest absolute Gasteiger partial charge is 0.341 e. The molecule has 0 radical (unpaired) electrons. The largest absolute Gasteiger partial charge is 0.497 e. The van der Waals surface area contributed by atoms with Crippen LogP contribution in [0.1, 0.15) is 24.2 Å². The zero-order valence-electron chi connectivity index (χ0n) is 16.6. The van der Waals surface area contributed by atoms with Gasteiger partial charge in [0.1, 0.15) is 22.4 Å². The molecule has 2 heterocycles. The lowest BCUT2D eigenvalue weighted by molar-refractivity contribution is -0.130. The van der Waals surface area contributed by atoms with Crippen molar-refractivity contribution in [2.45, 2.75) is 24.8 Å². The number of carbonyl (C=O) groups excluding carboxylic acids is 3. The van der Waals surface area contributed by atoms with E-state index in [1.807, 2.05) is 26.0 Å². The number of carbonyl (C=O) groups is 3. The van der Waals surface area contributed by atoms with Crippen molar-refractivity contribution in [3.8, 4) is 16.9 Å². The number of hydrogen-bond donors (Lipinski definition) is 1. The number of methoxy groups -OCH3 is 2. The summed E-state index contributed by atoms with van der Waals surface area (Å²) in [6, 6.07) is 6.66. The molecule has 1 saturated heterocycles. The van der Waals surface area contributed by atoms with E-state index in [9.17, 15) is 14.4 Å². The maximum absolute atomic E-state index is 12.9. The van der Waals surface area contributed by atoms with Crippen molar-refractivity contribution in [1.29, 1.82) is 0 Å². The topological polar surface area (TPSA) is 84.9 Å². The number of rotatable bonds is 6. The average Bonchev–Trinajstić information content (AvgIpc) is 3.27. The van der Waals surface area contributed by atoms with Gasteiger partial charge in [0, 0.05) is 16.7 Å². The maximum atomic E-state index is 12.9. The minimum atomic E-state index is -0.607. The Labute approximate surface area is 177 Å². The van der Waals surface area contributed by atoms with Crippen molar-refractivity contribution in [3.05, 3.63) is 35.2 Å². The van der Waals surface area contributed by atoms with Gasteiger partial charge in [-0.15, -0.1) is 23.1 Å². The van der Waals surface area contributed by atoms with Crippen LogP contribution in [0.5, 0.6) is 5.75 Å². The molecule has 2 amide bonds. The Hall–Kier alpha value is -2.52. The van der Waals surface area contributed by atoms with Gasteiger partial charge in [-0.1, -0.05) is 12.1 Å². The second-order valence-electron chi connectivity index (χ2n) is 6.85. The fraction of sp³-hybridized carbons (Fsp3) is 0.350. The molecular formula is C20H22N2O5S2. The SMILES string of the molecule is COC(=O)c1c(-c2ccc(OC)cc2)csc1NC(=O)C1CSC(C)(C)N1C=O. The number of nitrogens with zero attached hydrogens (tertiary/aromatic N) is 1. The van der Waals surface area contributed by atoms with Crippen LogP contribution >= 0.6 is 23.1 Å². The molecule has 1 aromatic heterocycles. The predicted molar refractivity (Wildman–Crippen MR) is 115 cm³/mol. The minimum absolute atomic E-state index is 0.290. The number of anilines is 1. The van der Waals surface area contributed by atoms with Gasteiger partial charge < -0.3 is 19.7 Å². The van der Waals surface area contributed by atoms with Gasteiger partial charge in [-0.2, -0.15) is 0 Å². The Balaban J connectivity index is 1.91. The van der Waals surface area contributed by atoms with Crippen LogP contribution in [0.3, 0.4) is 0 Å². The standard InChI is InChI=1S/C20H22N2O5S2/c1-20(2)22(11-23)15(10-29-20)17(24)21-18-16(19(25)27-4)14(9-28-18)12-5-7-13(26-3)8-6-12/h5-9,11,15H,10H2,1-4H3,(H,21,24). The monoisotopic (exact) mass is 434 g/mol. The van der Waals surface area contributed by atoms with E-state index in [1.165, 1.54) is 35.1 Å². The molecule has 0 aliphatic carbocycles. The molecule has 29 heavy (non-hydrogen) atoms. The molecule has 2 aromatic rings. The molecule has 1 fully saturated rings. The first-order valence-electron chi connectivity index (χ1n) is 8.85. The number of ether oxygens (including phenoxy) is 2. The molecule has 1 aliphatic heterocycles. The van der Waals surface area contributed by atoms with Crippen LogP contribution in [-0.4, -0.2) is 54.1 Å². The summed E-state index contributed by atoms with van der Waals surface area (Å²) in [4.78, 5) is 37.9. The second kappa shape index (κ2) is 8.46. The van der Waals surface area contributed by atoms with Crippen molar-refractivity contribution >= 4 is 46.4 Å². The first kappa shape index (κ1) is 21.2. The number of thiophene rings is 1. The Bertz CT molecular complexity index is 923. The number of nitrogens with one attached hydrogen (secondary N) is 1. The van der Waals surface area contributed by atoms with E-state index in [2.05, 4.69) is 5.32 Å². The van der Waals surface area contributed by atoms with Crippen LogP contribution in [0.25, 0.3) is 11.1 Å². The van der Waals surface area contributed by atoms with Crippen LogP contribution < -0.4 is 10.1 Å². The lowest BCUT2D eigenvalue weighted by Crippen LogP contribution is -2.47. The molecule has 0 saturated carbocycles. The molecule has 1 N–H and O–H groups in total. The third-order valence-corrected chi connectivity index (χ3v) is 7.08. The Morgan fingerprint density at radius 2 is 1.93 bits per heavy atom. The zero-order chi connectivity index (χ0) is 21.2. The summed E-state index contributed by atoms with van der Waals surface area (Å²) in [7, 11) is 2.88. The highest BCUT2D eigenvalue weighted by molar-refractivity contribution is 8.00. The number of thioether (sulfide) groups is 1. The summed E-state index contributed by atoms with van der Waals surface area (Å²) in [5.41, 5.74) is 1.75. The first-order chi connectivity index (χ1) is 13.8. The Morgan fingerprint density at radius 1 is 1.24 bits per heavy atom. The molecule has 154 valence electrons. The van der Waals surface area contributed by atoms with Crippen molar-refractivity contribution in [2.75, 3.05) is 25.3 Å². The third-order valence-electron chi connectivity index (χ3n) is 4.79. The van der Waals surface area contributed by atoms with E-state index in [4.69, 9.17) is 9.47 Å². The molecule has 3 rings (SSSR count). The summed E-state index contributed by atoms with van der Waals surface area (Å²) in [6.45, 7) is 3.79. The van der Waals surface area contributed by atoms with Gasteiger partial charge in [-0.3, -0.25) is 9.59 Å². The lowest BCUT2D eigenvalue weighted by Gasteiger charge is -2.30. The van der Waals surface area contributed by atoms with Gasteiger partial charge >= 0.3 is 5.97 Å². The highest BCUT2D eigenvalue weighted by Gasteiger charge is 2.43. The summed E-state index contributed by atoms with van der Waals surface area (Å²) in [6.07, 6.45) is 0.697. The molecule has 0 bridgehead atoms. The maximum Gasteiger partial charge on any atom is 0.341 e. The quantitative estimate of drug-likeness (QED) is 0.554. The minimum Gasteiger partial charge on any atom is -0.497 e. The summed E-state index contributed by atoms with van der Waals surface area (Å²) in [5, 5.41) is 5.02.